The molecule has 2 aliphatic rings. The lowest BCUT2D eigenvalue weighted by molar-refractivity contribution is -0.128. The van der Waals surface area contributed by atoms with Gasteiger partial charge in [-0.25, -0.2) is 8.42 Å². The molecule has 3 aromatic carbocycles. The van der Waals surface area contributed by atoms with Crippen LogP contribution in [0, 0.1) is 6.92 Å². The van der Waals surface area contributed by atoms with Crippen LogP contribution in [0.4, 0.5) is 5.69 Å². The smallest absolute Gasteiger partial charge is 0.264 e. The van der Waals surface area contributed by atoms with E-state index in [1.807, 2.05) is 31.2 Å². The minimum Gasteiger partial charge on any atom is -0.486 e. The Labute approximate surface area is 198 Å². The second kappa shape index (κ2) is 8.90. The van der Waals surface area contributed by atoms with E-state index in [0.29, 0.717) is 29.5 Å². The van der Waals surface area contributed by atoms with Gasteiger partial charge in [0.1, 0.15) is 18.5 Å². The van der Waals surface area contributed by atoms with E-state index in [-0.39, 0.29) is 24.1 Å². The lowest BCUT2D eigenvalue weighted by Gasteiger charge is -2.35. The zero-order valence-electron chi connectivity index (χ0n) is 18.5. The first kappa shape index (κ1) is 22.1. The highest BCUT2D eigenvalue weighted by Gasteiger charge is 2.38. The minimum absolute atomic E-state index is 0.147. The number of amides is 1. The van der Waals surface area contributed by atoms with Crippen molar-refractivity contribution < 1.29 is 27.4 Å². The number of hydrogen-bond acceptors (Lipinski definition) is 6. The predicted octanol–water partition coefficient (Wildman–Crippen LogP) is 2.91. The first-order chi connectivity index (χ1) is 16.4. The van der Waals surface area contributed by atoms with E-state index >= 15 is 0 Å². The molecule has 2 heterocycles. The fraction of sp³-hybridized carbons (Fsp3) is 0.240. The zero-order chi connectivity index (χ0) is 23.7. The summed E-state index contributed by atoms with van der Waals surface area (Å²) in [6.07, 6.45) is -1.40. The van der Waals surface area contributed by atoms with Crippen LogP contribution in [0.15, 0.2) is 77.7 Å². The third-order valence-corrected chi connectivity index (χ3v) is 7.47. The van der Waals surface area contributed by atoms with Crippen LogP contribution < -0.4 is 23.8 Å². The Morgan fingerprint density at radius 3 is 2.50 bits per heavy atom. The molecule has 0 unspecified atom stereocenters. The second-order valence-electron chi connectivity index (χ2n) is 8.17. The molecule has 34 heavy (non-hydrogen) atoms. The number of aryl methyl sites for hydroxylation is 1. The normalized spacial score (nSPS) is 19.0. The van der Waals surface area contributed by atoms with Crippen LogP contribution in [0.1, 0.15) is 5.56 Å². The first-order valence-electron chi connectivity index (χ1n) is 10.9. The predicted molar refractivity (Wildman–Crippen MR) is 126 cm³/mol. The maximum Gasteiger partial charge on any atom is 0.264 e. The van der Waals surface area contributed by atoms with Crippen LogP contribution in [0.3, 0.4) is 0 Å². The summed E-state index contributed by atoms with van der Waals surface area (Å²) in [6.45, 7) is 2.21. The first-order valence-corrected chi connectivity index (χ1v) is 12.4. The number of hydrogen-bond donors (Lipinski definition) is 1. The van der Waals surface area contributed by atoms with E-state index in [2.05, 4.69) is 5.32 Å². The summed E-state index contributed by atoms with van der Waals surface area (Å²) in [5.74, 6) is 1.20. The summed E-state index contributed by atoms with van der Waals surface area (Å²) >= 11 is 0. The van der Waals surface area contributed by atoms with Gasteiger partial charge in [0.2, 0.25) is 0 Å². The number of benzene rings is 3. The average Bonchev–Trinajstić information content (AvgIpc) is 2.86. The second-order valence-corrected chi connectivity index (χ2v) is 10.0. The van der Waals surface area contributed by atoms with Crippen molar-refractivity contribution in [3.05, 3.63) is 78.4 Å². The number of nitrogens with one attached hydrogen (secondary N) is 1. The molecular weight excluding hydrogens is 456 g/mol. The molecule has 1 amide bonds. The van der Waals surface area contributed by atoms with Crippen molar-refractivity contribution in [1.82, 2.24) is 5.32 Å². The number of nitrogens with zero attached hydrogens (tertiary/aromatic N) is 1. The van der Waals surface area contributed by atoms with Crippen molar-refractivity contribution in [3.63, 3.8) is 0 Å². The molecule has 176 valence electrons. The van der Waals surface area contributed by atoms with Gasteiger partial charge in [-0.05, 0) is 48.9 Å². The number of anilines is 1. The average molecular weight is 481 g/mol. The van der Waals surface area contributed by atoms with Crippen LogP contribution in [0.5, 0.6) is 17.2 Å². The summed E-state index contributed by atoms with van der Waals surface area (Å²) < 4.78 is 45.6. The van der Waals surface area contributed by atoms with Crippen LogP contribution in [-0.2, 0) is 14.8 Å². The molecule has 0 aliphatic carbocycles. The topological polar surface area (TPSA) is 94.2 Å². The maximum absolute atomic E-state index is 13.4. The van der Waals surface area contributed by atoms with Crippen LogP contribution in [-0.4, -0.2) is 46.2 Å². The molecule has 0 aromatic heterocycles. The van der Waals surface area contributed by atoms with Gasteiger partial charge >= 0.3 is 0 Å². The van der Waals surface area contributed by atoms with Crippen LogP contribution >= 0.6 is 0 Å². The van der Waals surface area contributed by atoms with Crippen molar-refractivity contribution in [1.29, 1.82) is 0 Å². The van der Waals surface area contributed by atoms with Gasteiger partial charge in [-0.1, -0.05) is 36.4 Å². The van der Waals surface area contributed by atoms with Gasteiger partial charge in [-0.2, -0.15) is 0 Å². The minimum atomic E-state index is -3.89. The van der Waals surface area contributed by atoms with Gasteiger partial charge in [-0.3, -0.25) is 9.10 Å². The quantitative estimate of drug-likeness (QED) is 0.604. The van der Waals surface area contributed by atoms with Gasteiger partial charge in [-0.15, -0.1) is 0 Å². The lowest BCUT2D eigenvalue weighted by Crippen LogP contribution is -2.52. The molecule has 0 saturated heterocycles. The molecule has 3 aromatic rings. The number of sulfonamides is 1. The highest BCUT2D eigenvalue weighted by molar-refractivity contribution is 7.92. The number of fused-ring (bicyclic) bond motifs is 2. The Kier molecular flexibility index (Phi) is 5.79. The Balaban J connectivity index is 1.34. The Morgan fingerprint density at radius 2 is 1.71 bits per heavy atom. The Bertz CT molecular complexity index is 1310. The van der Waals surface area contributed by atoms with Gasteiger partial charge in [0.25, 0.3) is 15.9 Å². The lowest BCUT2D eigenvalue weighted by atomic mass is 10.1. The number of para-hydroxylation sites is 2. The molecular formula is C25H24N2O6S. The van der Waals surface area contributed by atoms with E-state index in [9.17, 15) is 13.2 Å². The van der Waals surface area contributed by atoms with Crippen molar-refractivity contribution >= 4 is 21.6 Å². The highest BCUT2D eigenvalue weighted by atomic mass is 32.2. The van der Waals surface area contributed by atoms with Crippen molar-refractivity contribution in [2.45, 2.75) is 24.0 Å². The molecule has 0 fully saturated rings. The summed E-state index contributed by atoms with van der Waals surface area (Å²) in [4.78, 5) is 13.2. The van der Waals surface area contributed by atoms with Gasteiger partial charge in [0.15, 0.2) is 17.6 Å². The number of ether oxygens (including phenoxy) is 3. The molecule has 0 radical (unpaired) electrons. The summed E-state index contributed by atoms with van der Waals surface area (Å²) in [5, 5.41) is 2.82. The van der Waals surface area contributed by atoms with E-state index in [1.54, 1.807) is 36.4 Å². The fourth-order valence-electron chi connectivity index (χ4n) is 3.94. The molecule has 2 atom stereocenters. The molecule has 2 aliphatic heterocycles. The van der Waals surface area contributed by atoms with Crippen LogP contribution in [0.2, 0.25) is 0 Å². The Hall–Kier alpha value is -3.72. The standard InChI is InChI=1S/C25H24N2O6S/c1-17-11-12-20-23(13-17)33-24(15-27(20)34(29,30)19-7-3-2-4-8-19)25(28)26-14-18-16-31-21-9-5-6-10-22(21)32-18/h2-13,18,24H,14-16H2,1H3,(H,26,28)/t18-,24-/m0/s1. The summed E-state index contributed by atoms with van der Waals surface area (Å²) in [6, 6.07) is 20.7. The van der Waals surface area contributed by atoms with Gasteiger partial charge in [0, 0.05) is 0 Å². The SMILES string of the molecule is Cc1ccc2c(c1)O[C@H](C(=O)NC[C@H]1COc3ccccc3O1)CN2S(=O)(=O)c1ccccc1. The van der Waals surface area contributed by atoms with Crippen molar-refractivity contribution in [2.75, 3.05) is 24.0 Å². The third kappa shape index (κ3) is 4.26. The molecule has 8 nitrogen and oxygen atoms in total. The third-order valence-electron chi connectivity index (χ3n) is 5.68. The van der Waals surface area contributed by atoms with Gasteiger partial charge < -0.3 is 19.5 Å². The summed E-state index contributed by atoms with van der Waals surface area (Å²) in [5.41, 5.74) is 1.29. The fourth-order valence-corrected chi connectivity index (χ4v) is 5.43. The molecule has 1 N–H and O–H groups in total. The molecule has 0 bridgehead atoms. The van der Waals surface area contributed by atoms with E-state index in [4.69, 9.17) is 14.2 Å². The maximum atomic E-state index is 13.4. The van der Waals surface area contributed by atoms with E-state index < -0.39 is 22.0 Å². The summed E-state index contributed by atoms with van der Waals surface area (Å²) in [7, 11) is -3.89. The zero-order valence-corrected chi connectivity index (χ0v) is 19.3. The molecule has 5 rings (SSSR count). The monoisotopic (exact) mass is 480 g/mol. The van der Waals surface area contributed by atoms with Crippen molar-refractivity contribution in [2.24, 2.45) is 0 Å². The number of rotatable bonds is 5. The van der Waals surface area contributed by atoms with E-state index in [1.165, 1.54) is 16.4 Å². The van der Waals surface area contributed by atoms with E-state index in [0.717, 1.165) is 5.56 Å². The number of carbonyl (C=O) groups excluding carboxylic acids is 1. The van der Waals surface area contributed by atoms with Crippen LogP contribution in [0.25, 0.3) is 0 Å². The Morgan fingerprint density at radius 1 is 0.971 bits per heavy atom. The molecule has 9 heteroatoms. The molecule has 0 spiro atoms. The van der Waals surface area contributed by atoms with Crippen molar-refractivity contribution in [3.8, 4) is 17.2 Å². The molecule has 0 saturated carbocycles. The van der Waals surface area contributed by atoms with Gasteiger partial charge in [0.05, 0.1) is 23.7 Å². The highest BCUT2D eigenvalue weighted by Crippen LogP contribution is 2.37. The largest absolute Gasteiger partial charge is 0.486 e. The number of carbonyl (C=O) groups is 1.